The van der Waals surface area contributed by atoms with Gasteiger partial charge in [0.1, 0.15) is 6.04 Å². The maximum absolute atomic E-state index is 12.5. The van der Waals surface area contributed by atoms with Gasteiger partial charge in [-0.25, -0.2) is 4.98 Å². The third-order valence-electron chi connectivity index (χ3n) is 4.04. The summed E-state index contributed by atoms with van der Waals surface area (Å²) >= 11 is 1.61. The van der Waals surface area contributed by atoms with Crippen molar-refractivity contribution in [3.05, 3.63) is 47.5 Å². The number of piperazine rings is 1. The molecule has 1 N–H and O–H groups in total. The Labute approximate surface area is 145 Å². The van der Waals surface area contributed by atoms with Crippen molar-refractivity contribution in [2.24, 2.45) is 0 Å². The lowest BCUT2D eigenvalue weighted by molar-refractivity contribution is -0.133. The highest BCUT2D eigenvalue weighted by atomic mass is 32.1. The van der Waals surface area contributed by atoms with E-state index in [1.807, 2.05) is 11.4 Å². The van der Waals surface area contributed by atoms with E-state index in [9.17, 15) is 9.59 Å². The second-order valence-electron chi connectivity index (χ2n) is 5.69. The van der Waals surface area contributed by atoms with Gasteiger partial charge in [-0.05, 0) is 19.1 Å². The Kier molecular flexibility index (Phi) is 5.10. The minimum atomic E-state index is -0.538. The largest absolute Gasteiger partial charge is 0.345 e. The monoisotopic (exact) mass is 344 g/mol. The van der Waals surface area contributed by atoms with Crippen molar-refractivity contribution >= 4 is 28.3 Å². The molecule has 126 valence electrons. The molecule has 2 heterocycles. The molecule has 1 atom stereocenters. The standard InChI is InChI=1S/C17H20N4O2S/c1-13(19-15(22)14-5-3-2-4-6-14)16(23)20-8-10-21(11-9-20)17-18-7-12-24-17/h2-7,12-13H,8-11H2,1H3,(H,19,22). The average molecular weight is 344 g/mol. The van der Waals surface area contributed by atoms with Crippen LogP contribution in [0.3, 0.4) is 0 Å². The summed E-state index contributed by atoms with van der Waals surface area (Å²) in [6.07, 6.45) is 1.79. The van der Waals surface area contributed by atoms with E-state index in [4.69, 9.17) is 0 Å². The number of hydrogen-bond acceptors (Lipinski definition) is 5. The topological polar surface area (TPSA) is 65.5 Å². The number of thiazole rings is 1. The van der Waals surface area contributed by atoms with E-state index in [1.54, 1.807) is 53.6 Å². The van der Waals surface area contributed by atoms with E-state index in [2.05, 4.69) is 15.2 Å². The van der Waals surface area contributed by atoms with Crippen molar-refractivity contribution < 1.29 is 9.59 Å². The zero-order valence-corrected chi connectivity index (χ0v) is 14.3. The lowest BCUT2D eigenvalue weighted by Crippen LogP contribution is -2.54. The number of nitrogens with one attached hydrogen (secondary N) is 1. The molecular formula is C17H20N4O2S. The first-order valence-corrected chi connectivity index (χ1v) is 8.82. The molecule has 1 saturated heterocycles. The van der Waals surface area contributed by atoms with E-state index < -0.39 is 6.04 Å². The normalized spacial score (nSPS) is 15.9. The molecule has 2 amide bonds. The molecule has 6 nitrogen and oxygen atoms in total. The van der Waals surface area contributed by atoms with Crippen LogP contribution in [0, 0.1) is 0 Å². The van der Waals surface area contributed by atoms with Crippen molar-refractivity contribution in [2.45, 2.75) is 13.0 Å². The number of benzene rings is 1. The van der Waals surface area contributed by atoms with E-state index in [1.165, 1.54) is 0 Å². The van der Waals surface area contributed by atoms with Crippen LogP contribution in [0.2, 0.25) is 0 Å². The van der Waals surface area contributed by atoms with Gasteiger partial charge in [0.25, 0.3) is 5.91 Å². The third kappa shape index (κ3) is 3.73. The summed E-state index contributed by atoms with van der Waals surface area (Å²) in [4.78, 5) is 33.0. The molecule has 1 aliphatic rings. The molecule has 0 radical (unpaired) electrons. The molecule has 2 aromatic rings. The van der Waals surface area contributed by atoms with Crippen molar-refractivity contribution in [3.63, 3.8) is 0 Å². The Hall–Kier alpha value is -2.41. The first-order valence-electron chi connectivity index (χ1n) is 7.94. The van der Waals surface area contributed by atoms with Gasteiger partial charge >= 0.3 is 0 Å². The van der Waals surface area contributed by atoms with Gasteiger partial charge in [-0.1, -0.05) is 18.2 Å². The van der Waals surface area contributed by atoms with E-state index >= 15 is 0 Å². The highest BCUT2D eigenvalue weighted by Crippen LogP contribution is 2.19. The smallest absolute Gasteiger partial charge is 0.251 e. The predicted molar refractivity (Wildman–Crippen MR) is 94.3 cm³/mol. The molecule has 1 aromatic carbocycles. The maximum atomic E-state index is 12.5. The molecule has 24 heavy (non-hydrogen) atoms. The number of rotatable bonds is 4. The fourth-order valence-corrected chi connectivity index (χ4v) is 3.39. The predicted octanol–water partition coefficient (Wildman–Crippen LogP) is 1.61. The van der Waals surface area contributed by atoms with Gasteiger partial charge in [-0.3, -0.25) is 9.59 Å². The Morgan fingerprint density at radius 2 is 1.88 bits per heavy atom. The molecule has 1 fully saturated rings. The second-order valence-corrected chi connectivity index (χ2v) is 6.56. The van der Waals surface area contributed by atoms with Crippen LogP contribution in [0.4, 0.5) is 5.13 Å². The number of amides is 2. The minimum absolute atomic E-state index is 0.0435. The first kappa shape index (κ1) is 16.4. The Morgan fingerprint density at radius 1 is 1.17 bits per heavy atom. The highest BCUT2D eigenvalue weighted by Gasteiger charge is 2.26. The summed E-state index contributed by atoms with van der Waals surface area (Å²) in [6.45, 7) is 4.54. The first-order chi connectivity index (χ1) is 11.6. The number of nitrogens with zero attached hydrogens (tertiary/aromatic N) is 3. The van der Waals surface area contributed by atoms with Crippen molar-refractivity contribution in [1.82, 2.24) is 15.2 Å². The molecule has 0 aliphatic carbocycles. The molecule has 1 unspecified atom stereocenters. The summed E-state index contributed by atoms with van der Waals surface area (Å²) in [5, 5.41) is 5.72. The molecule has 0 saturated carbocycles. The zero-order chi connectivity index (χ0) is 16.9. The van der Waals surface area contributed by atoms with Crippen LogP contribution in [0.25, 0.3) is 0 Å². The molecule has 0 bridgehead atoms. The van der Waals surface area contributed by atoms with E-state index in [0.29, 0.717) is 18.7 Å². The number of aromatic nitrogens is 1. The zero-order valence-electron chi connectivity index (χ0n) is 13.5. The van der Waals surface area contributed by atoms with E-state index in [0.717, 1.165) is 18.2 Å². The average Bonchev–Trinajstić information content (AvgIpc) is 3.16. The Morgan fingerprint density at radius 3 is 2.50 bits per heavy atom. The summed E-state index contributed by atoms with van der Waals surface area (Å²) in [7, 11) is 0. The summed E-state index contributed by atoms with van der Waals surface area (Å²) < 4.78 is 0. The van der Waals surface area contributed by atoms with Crippen LogP contribution in [0.5, 0.6) is 0 Å². The van der Waals surface area contributed by atoms with Gasteiger partial charge in [-0.15, -0.1) is 11.3 Å². The summed E-state index contributed by atoms with van der Waals surface area (Å²) in [5.41, 5.74) is 0.561. The number of hydrogen-bond donors (Lipinski definition) is 1. The molecule has 3 rings (SSSR count). The summed E-state index contributed by atoms with van der Waals surface area (Å²) in [6, 6.07) is 8.40. The van der Waals surface area contributed by atoms with Crippen molar-refractivity contribution in [2.75, 3.05) is 31.1 Å². The fraction of sp³-hybridized carbons (Fsp3) is 0.353. The lowest BCUT2D eigenvalue weighted by Gasteiger charge is -2.35. The van der Waals surface area contributed by atoms with Gasteiger partial charge in [0, 0.05) is 43.3 Å². The van der Waals surface area contributed by atoms with Crippen LogP contribution in [0.1, 0.15) is 17.3 Å². The SMILES string of the molecule is CC(NC(=O)c1ccccc1)C(=O)N1CCN(c2nccs2)CC1. The number of anilines is 1. The Balaban J connectivity index is 1.52. The highest BCUT2D eigenvalue weighted by molar-refractivity contribution is 7.13. The number of carbonyl (C=O) groups is 2. The van der Waals surface area contributed by atoms with Crippen LogP contribution < -0.4 is 10.2 Å². The van der Waals surface area contributed by atoms with Gasteiger partial charge in [-0.2, -0.15) is 0 Å². The van der Waals surface area contributed by atoms with Crippen LogP contribution in [0.15, 0.2) is 41.9 Å². The Bertz CT molecular complexity index is 682. The van der Waals surface area contributed by atoms with Gasteiger partial charge in [0.2, 0.25) is 5.91 Å². The quantitative estimate of drug-likeness (QED) is 0.915. The molecular weight excluding hydrogens is 324 g/mol. The molecule has 7 heteroatoms. The third-order valence-corrected chi connectivity index (χ3v) is 4.87. The van der Waals surface area contributed by atoms with Crippen molar-refractivity contribution in [1.29, 1.82) is 0 Å². The molecule has 0 spiro atoms. The van der Waals surface area contributed by atoms with Gasteiger partial charge in [0.05, 0.1) is 0 Å². The lowest BCUT2D eigenvalue weighted by atomic mass is 10.2. The minimum Gasteiger partial charge on any atom is -0.345 e. The molecule has 1 aromatic heterocycles. The maximum Gasteiger partial charge on any atom is 0.251 e. The number of carbonyl (C=O) groups excluding carboxylic acids is 2. The second kappa shape index (κ2) is 7.44. The van der Waals surface area contributed by atoms with Gasteiger partial charge < -0.3 is 15.1 Å². The fourth-order valence-electron chi connectivity index (χ4n) is 2.70. The van der Waals surface area contributed by atoms with Gasteiger partial charge in [0.15, 0.2) is 5.13 Å². The van der Waals surface area contributed by atoms with Crippen LogP contribution in [-0.4, -0.2) is 53.9 Å². The van der Waals surface area contributed by atoms with Crippen LogP contribution in [-0.2, 0) is 4.79 Å². The summed E-state index contributed by atoms with van der Waals surface area (Å²) in [5.74, 6) is -0.268. The van der Waals surface area contributed by atoms with Crippen LogP contribution >= 0.6 is 11.3 Å². The molecule has 1 aliphatic heterocycles. The van der Waals surface area contributed by atoms with E-state index in [-0.39, 0.29) is 11.8 Å². The van der Waals surface area contributed by atoms with Crippen molar-refractivity contribution in [3.8, 4) is 0 Å².